The number of nitriles is 1. The number of fused-ring (bicyclic) bond motifs is 1. The molecule has 3 aromatic heterocycles. The van der Waals surface area contributed by atoms with E-state index in [9.17, 15) is 18.8 Å². The van der Waals surface area contributed by atoms with Crippen molar-refractivity contribution < 1.29 is 8.78 Å². The Hall–Kier alpha value is -5.10. The number of hydrogen-bond donors (Lipinski definition) is 2. The third-order valence-electron chi connectivity index (χ3n) is 6.06. The highest BCUT2D eigenvalue weighted by atomic mass is 19.1. The maximum absolute atomic E-state index is 14.3. The second-order valence-electron chi connectivity index (χ2n) is 8.28. The van der Waals surface area contributed by atoms with Gasteiger partial charge in [0.1, 0.15) is 41.2 Å². The van der Waals surface area contributed by atoms with Crippen LogP contribution in [-0.2, 0) is 6.42 Å². The average molecular weight is 495 g/mol. The molecule has 0 radical (unpaired) electrons. The number of nitrogens with one attached hydrogen (secondary N) is 1. The third kappa shape index (κ3) is 4.48. The van der Waals surface area contributed by atoms with Crippen LogP contribution in [0.4, 0.5) is 20.4 Å². The van der Waals surface area contributed by atoms with E-state index in [1.165, 1.54) is 28.9 Å². The van der Waals surface area contributed by atoms with E-state index in [0.29, 0.717) is 39.8 Å². The predicted molar refractivity (Wildman–Crippen MR) is 138 cm³/mol. The number of anilines is 2. The van der Waals surface area contributed by atoms with Crippen LogP contribution in [0, 0.1) is 23.0 Å². The lowest BCUT2D eigenvalue weighted by Crippen LogP contribution is -2.21. The number of benzene rings is 2. The fourth-order valence-electron chi connectivity index (χ4n) is 4.42. The van der Waals surface area contributed by atoms with Crippen molar-refractivity contribution in [1.82, 2.24) is 14.4 Å². The lowest BCUT2D eigenvalue weighted by molar-refractivity contribution is 0.618. The number of aromatic nitrogens is 3. The molecule has 0 bridgehead atoms. The molecule has 182 valence electrons. The summed E-state index contributed by atoms with van der Waals surface area (Å²) >= 11 is 0. The summed E-state index contributed by atoms with van der Waals surface area (Å²) in [6.45, 7) is 0.288. The lowest BCUT2D eigenvalue weighted by Gasteiger charge is -2.19. The molecule has 0 fully saturated rings. The Morgan fingerprint density at radius 3 is 2.35 bits per heavy atom. The average Bonchev–Trinajstić information content (AvgIpc) is 2.90. The molecule has 2 aromatic carbocycles. The molecule has 0 aliphatic carbocycles. The fraction of sp³-hybridized carbons (Fsp3) is 0.0714. The monoisotopic (exact) mass is 494 g/mol. The summed E-state index contributed by atoms with van der Waals surface area (Å²) in [6.07, 6.45) is 2.74. The zero-order valence-corrected chi connectivity index (χ0v) is 19.5. The van der Waals surface area contributed by atoms with Crippen LogP contribution in [0.2, 0.25) is 0 Å². The van der Waals surface area contributed by atoms with Crippen molar-refractivity contribution in [3.8, 4) is 28.3 Å². The molecule has 0 atom stereocenters. The molecule has 37 heavy (non-hydrogen) atoms. The van der Waals surface area contributed by atoms with Crippen molar-refractivity contribution in [3.05, 3.63) is 112 Å². The molecule has 3 N–H and O–H groups in total. The van der Waals surface area contributed by atoms with Crippen LogP contribution < -0.4 is 16.6 Å². The topological polar surface area (TPSA) is 109 Å². The number of halogens is 2. The third-order valence-corrected chi connectivity index (χ3v) is 6.06. The quantitative estimate of drug-likeness (QED) is 0.351. The van der Waals surface area contributed by atoms with E-state index in [0.717, 1.165) is 6.20 Å². The van der Waals surface area contributed by atoms with Gasteiger partial charge < -0.3 is 11.1 Å². The van der Waals surface area contributed by atoms with Gasteiger partial charge in [0, 0.05) is 18.3 Å². The van der Waals surface area contributed by atoms with Gasteiger partial charge in [0.2, 0.25) is 0 Å². The highest BCUT2D eigenvalue weighted by Crippen LogP contribution is 2.34. The minimum Gasteiger partial charge on any atom is -0.382 e. The van der Waals surface area contributed by atoms with E-state index < -0.39 is 11.6 Å². The van der Waals surface area contributed by atoms with Crippen LogP contribution in [0.25, 0.3) is 27.8 Å². The highest BCUT2D eigenvalue weighted by molar-refractivity contribution is 5.88. The zero-order chi connectivity index (χ0) is 25.9. The van der Waals surface area contributed by atoms with Gasteiger partial charge in [-0.3, -0.25) is 9.20 Å². The summed E-state index contributed by atoms with van der Waals surface area (Å²) in [6, 6.07) is 19.9. The lowest BCUT2D eigenvalue weighted by atomic mass is 9.90. The van der Waals surface area contributed by atoms with Gasteiger partial charge in [-0.1, -0.05) is 42.5 Å². The van der Waals surface area contributed by atoms with Crippen molar-refractivity contribution in [3.63, 3.8) is 0 Å². The minimum atomic E-state index is -0.557. The molecule has 7 nitrogen and oxygen atoms in total. The maximum Gasteiger partial charge on any atom is 0.263 e. The summed E-state index contributed by atoms with van der Waals surface area (Å²) in [5.74, 6) is -0.621. The Balaban J connectivity index is 1.73. The molecular weight excluding hydrogens is 474 g/mol. The van der Waals surface area contributed by atoms with Crippen LogP contribution in [-0.4, -0.2) is 20.9 Å². The van der Waals surface area contributed by atoms with Gasteiger partial charge in [-0.2, -0.15) is 5.26 Å². The van der Waals surface area contributed by atoms with E-state index >= 15 is 0 Å². The standard InChI is InChI=1S/C28H20F2N6O/c29-19-8-6-18(7-9-19)24-21(12-13-33-27-22(14-31)26(32)34-16-35-27)25(17-4-2-1-3-5-17)28(37)36-15-20(30)10-11-23(24)36/h1-11,15-16H,12-13H2,(H3,32,33,34,35). The normalized spacial score (nSPS) is 10.8. The van der Waals surface area contributed by atoms with Crippen LogP contribution in [0.15, 0.2) is 84.0 Å². The molecule has 5 aromatic rings. The van der Waals surface area contributed by atoms with Crippen LogP contribution >= 0.6 is 0 Å². The summed E-state index contributed by atoms with van der Waals surface area (Å²) in [5.41, 5.74) is 9.10. The van der Waals surface area contributed by atoms with Crippen molar-refractivity contribution >= 4 is 17.2 Å². The van der Waals surface area contributed by atoms with Gasteiger partial charge in [0.05, 0.1) is 11.1 Å². The van der Waals surface area contributed by atoms with Crippen molar-refractivity contribution in [2.24, 2.45) is 0 Å². The summed E-state index contributed by atoms with van der Waals surface area (Å²) in [5, 5.41) is 12.6. The maximum atomic E-state index is 14.3. The molecule has 9 heteroatoms. The van der Waals surface area contributed by atoms with E-state index in [2.05, 4.69) is 15.3 Å². The Morgan fingerprint density at radius 1 is 0.919 bits per heavy atom. The smallest absolute Gasteiger partial charge is 0.263 e. The van der Waals surface area contributed by atoms with E-state index in [-0.39, 0.29) is 29.3 Å². The number of nitrogens with two attached hydrogens (primary N) is 1. The zero-order valence-electron chi connectivity index (χ0n) is 19.5. The second-order valence-corrected chi connectivity index (χ2v) is 8.28. The van der Waals surface area contributed by atoms with Gasteiger partial charge in [-0.25, -0.2) is 18.7 Å². The molecular formula is C28H20F2N6O. The Kier molecular flexibility index (Phi) is 6.31. The molecule has 3 heterocycles. The number of hydrogen-bond acceptors (Lipinski definition) is 6. The minimum absolute atomic E-state index is 0.0583. The van der Waals surface area contributed by atoms with Crippen LogP contribution in [0.3, 0.4) is 0 Å². The van der Waals surface area contributed by atoms with Crippen molar-refractivity contribution in [2.45, 2.75) is 6.42 Å². The molecule has 0 unspecified atom stereocenters. The van der Waals surface area contributed by atoms with Crippen LogP contribution in [0.5, 0.6) is 0 Å². The van der Waals surface area contributed by atoms with Crippen LogP contribution in [0.1, 0.15) is 11.1 Å². The molecule has 0 amide bonds. The summed E-state index contributed by atoms with van der Waals surface area (Å²) < 4.78 is 29.4. The SMILES string of the molecule is N#Cc1c(N)ncnc1NCCc1c(-c2ccccc2)c(=O)n2cc(F)ccc2c1-c1ccc(F)cc1. The molecule has 0 saturated carbocycles. The Bertz CT molecular complexity index is 1710. The Labute approximate surface area is 210 Å². The van der Waals surface area contributed by atoms with Crippen molar-refractivity contribution in [2.75, 3.05) is 17.6 Å². The van der Waals surface area contributed by atoms with Gasteiger partial charge in [0.25, 0.3) is 5.56 Å². The molecule has 0 aliphatic heterocycles. The second kappa shape index (κ2) is 9.87. The first kappa shape index (κ1) is 23.6. The van der Waals surface area contributed by atoms with Gasteiger partial charge in [-0.05, 0) is 47.4 Å². The molecule has 0 saturated heterocycles. The van der Waals surface area contributed by atoms with Crippen molar-refractivity contribution in [1.29, 1.82) is 5.26 Å². The van der Waals surface area contributed by atoms with E-state index in [1.807, 2.05) is 36.4 Å². The number of nitrogen functional groups attached to an aromatic ring is 1. The first-order chi connectivity index (χ1) is 18.0. The first-order valence-corrected chi connectivity index (χ1v) is 11.4. The molecule has 0 spiro atoms. The largest absolute Gasteiger partial charge is 0.382 e. The summed E-state index contributed by atoms with van der Waals surface area (Å²) in [4.78, 5) is 21.7. The predicted octanol–water partition coefficient (Wildman–Crippen LogP) is 4.81. The highest BCUT2D eigenvalue weighted by Gasteiger charge is 2.21. The molecule has 5 rings (SSSR count). The van der Waals surface area contributed by atoms with Gasteiger partial charge >= 0.3 is 0 Å². The van der Waals surface area contributed by atoms with E-state index in [4.69, 9.17) is 5.73 Å². The van der Waals surface area contributed by atoms with Gasteiger partial charge in [0.15, 0.2) is 0 Å². The molecule has 0 aliphatic rings. The number of rotatable bonds is 6. The van der Waals surface area contributed by atoms with E-state index in [1.54, 1.807) is 18.2 Å². The Morgan fingerprint density at radius 2 is 1.62 bits per heavy atom. The number of pyridine rings is 2. The first-order valence-electron chi connectivity index (χ1n) is 11.4. The number of nitrogens with zero attached hydrogens (tertiary/aromatic N) is 4. The fourth-order valence-corrected chi connectivity index (χ4v) is 4.42. The summed E-state index contributed by atoms with van der Waals surface area (Å²) in [7, 11) is 0. The van der Waals surface area contributed by atoms with Gasteiger partial charge in [-0.15, -0.1) is 0 Å².